The van der Waals surface area contributed by atoms with E-state index in [0.717, 1.165) is 5.69 Å². The lowest BCUT2D eigenvalue weighted by molar-refractivity contribution is 0.0691. The minimum Gasteiger partial charge on any atom is -0.335 e. The molecule has 1 fully saturated rings. The Morgan fingerprint density at radius 1 is 1.03 bits per heavy atom. The lowest BCUT2D eigenvalue weighted by Crippen LogP contribution is -2.50. The second-order valence-electron chi connectivity index (χ2n) is 6.51. The molecule has 0 atom stereocenters. The van der Waals surface area contributed by atoms with Crippen molar-refractivity contribution in [3.63, 3.8) is 0 Å². The van der Waals surface area contributed by atoms with Crippen molar-refractivity contribution in [1.29, 1.82) is 0 Å². The fraction of sp³-hybridized carbons (Fsp3) is 0.211. The second kappa shape index (κ2) is 7.94. The van der Waals surface area contributed by atoms with Crippen LogP contribution in [-0.4, -0.2) is 64.5 Å². The molecule has 29 heavy (non-hydrogen) atoms. The highest BCUT2D eigenvalue weighted by Gasteiger charge is 2.31. The van der Waals surface area contributed by atoms with Gasteiger partial charge in [0.15, 0.2) is 5.69 Å². The lowest BCUT2D eigenvalue weighted by atomic mass is 10.3. The maximum absolute atomic E-state index is 12.8. The number of aromatic nitrogens is 3. The standard InChI is InChI=1S/C19H18ClN5O3S/c20-15-3-1-4-16(13-15)25-8-6-18(22-25)19(26)23-9-11-24(12-10-23)29(27,28)17-5-2-7-21-14-17/h1-8,13-14H,9-12H2. The minimum absolute atomic E-state index is 0.153. The Balaban J connectivity index is 1.43. The normalized spacial score (nSPS) is 15.4. The Labute approximate surface area is 173 Å². The van der Waals surface area contributed by atoms with Crippen molar-refractivity contribution in [3.05, 3.63) is 71.8 Å². The van der Waals surface area contributed by atoms with Gasteiger partial charge >= 0.3 is 0 Å². The molecule has 0 unspecified atom stereocenters. The molecule has 2 aromatic heterocycles. The van der Waals surface area contributed by atoms with Crippen LogP contribution in [0.4, 0.5) is 0 Å². The predicted molar refractivity (Wildman–Crippen MR) is 107 cm³/mol. The molecule has 3 heterocycles. The Kier molecular flexibility index (Phi) is 5.35. The highest BCUT2D eigenvalue weighted by Crippen LogP contribution is 2.18. The van der Waals surface area contributed by atoms with Gasteiger partial charge < -0.3 is 4.90 Å². The Morgan fingerprint density at radius 2 is 1.83 bits per heavy atom. The van der Waals surface area contributed by atoms with E-state index in [9.17, 15) is 13.2 Å². The summed E-state index contributed by atoms with van der Waals surface area (Å²) in [6.07, 6.45) is 4.55. The van der Waals surface area contributed by atoms with E-state index in [2.05, 4.69) is 10.1 Å². The first-order valence-electron chi connectivity index (χ1n) is 8.96. The van der Waals surface area contributed by atoms with Gasteiger partial charge in [-0.1, -0.05) is 17.7 Å². The number of nitrogens with zero attached hydrogens (tertiary/aromatic N) is 5. The van der Waals surface area contributed by atoms with Crippen LogP contribution in [0, 0.1) is 0 Å². The van der Waals surface area contributed by atoms with E-state index < -0.39 is 10.0 Å². The van der Waals surface area contributed by atoms with Gasteiger partial charge in [-0.15, -0.1) is 0 Å². The van der Waals surface area contributed by atoms with E-state index in [0.29, 0.717) is 23.8 Å². The first kappa shape index (κ1) is 19.6. The molecule has 10 heteroatoms. The summed E-state index contributed by atoms with van der Waals surface area (Å²) in [7, 11) is -3.61. The smallest absolute Gasteiger partial charge is 0.274 e. The summed E-state index contributed by atoms with van der Waals surface area (Å²) in [5, 5.41) is 4.92. The average molecular weight is 432 g/mol. The van der Waals surface area contributed by atoms with Crippen LogP contribution < -0.4 is 0 Å². The number of rotatable bonds is 4. The molecule has 0 radical (unpaired) electrons. The number of carbonyl (C=O) groups excluding carboxylic acids is 1. The number of hydrogen-bond acceptors (Lipinski definition) is 5. The molecule has 1 amide bonds. The zero-order valence-electron chi connectivity index (χ0n) is 15.3. The number of carbonyl (C=O) groups is 1. The molecule has 3 aromatic rings. The van der Waals surface area contributed by atoms with Crippen LogP contribution in [-0.2, 0) is 10.0 Å². The Hall–Kier alpha value is -2.75. The highest BCUT2D eigenvalue weighted by atomic mass is 35.5. The molecule has 1 aromatic carbocycles. The zero-order chi connectivity index (χ0) is 20.4. The van der Waals surface area contributed by atoms with E-state index in [1.54, 1.807) is 40.0 Å². The quantitative estimate of drug-likeness (QED) is 0.631. The van der Waals surface area contributed by atoms with Crippen LogP contribution in [0.3, 0.4) is 0 Å². The molecule has 8 nitrogen and oxygen atoms in total. The van der Waals surface area contributed by atoms with Gasteiger partial charge in [0.25, 0.3) is 5.91 Å². The maximum Gasteiger partial charge on any atom is 0.274 e. The first-order valence-corrected chi connectivity index (χ1v) is 10.8. The number of sulfonamides is 1. The summed E-state index contributed by atoms with van der Waals surface area (Å²) < 4.78 is 28.3. The molecule has 1 aliphatic heterocycles. The van der Waals surface area contributed by atoms with E-state index in [-0.39, 0.29) is 23.9 Å². The van der Waals surface area contributed by atoms with Crippen molar-refractivity contribution in [2.45, 2.75) is 4.90 Å². The number of piperazine rings is 1. The number of amides is 1. The molecule has 0 spiro atoms. The molecular weight excluding hydrogens is 414 g/mol. The Morgan fingerprint density at radius 3 is 2.52 bits per heavy atom. The van der Waals surface area contributed by atoms with Gasteiger partial charge in [0.1, 0.15) is 4.90 Å². The van der Waals surface area contributed by atoms with Crippen LogP contribution >= 0.6 is 11.6 Å². The third-order valence-corrected chi connectivity index (χ3v) is 6.80. The van der Waals surface area contributed by atoms with Crippen LogP contribution in [0.2, 0.25) is 5.02 Å². The Bertz CT molecular complexity index is 1130. The average Bonchev–Trinajstić information content (AvgIpc) is 3.24. The predicted octanol–water partition coefficient (Wildman–Crippen LogP) is 2.07. The van der Waals surface area contributed by atoms with Crippen molar-refractivity contribution in [2.24, 2.45) is 0 Å². The van der Waals surface area contributed by atoms with Gasteiger partial charge in [0, 0.05) is 49.8 Å². The fourth-order valence-corrected chi connectivity index (χ4v) is 4.71. The summed E-state index contributed by atoms with van der Waals surface area (Å²) in [5.74, 6) is -0.232. The van der Waals surface area contributed by atoms with Crippen molar-refractivity contribution < 1.29 is 13.2 Å². The molecule has 0 bridgehead atoms. The number of benzene rings is 1. The summed E-state index contributed by atoms with van der Waals surface area (Å²) >= 11 is 6.01. The summed E-state index contributed by atoms with van der Waals surface area (Å²) in [5.41, 5.74) is 1.05. The largest absolute Gasteiger partial charge is 0.335 e. The number of halogens is 1. The van der Waals surface area contributed by atoms with Crippen LogP contribution in [0.5, 0.6) is 0 Å². The molecule has 0 aliphatic carbocycles. The molecule has 1 saturated heterocycles. The third kappa shape index (κ3) is 4.02. The third-order valence-electron chi connectivity index (χ3n) is 4.68. The van der Waals surface area contributed by atoms with Gasteiger partial charge in [-0.2, -0.15) is 9.40 Å². The van der Waals surface area contributed by atoms with E-state index >= 15 is 0 Å². The summed E-state index contributed by atoms with van der Waals surface area (Å²) in [4.78, 5) is 18.4. The topological polar surface area (TPSA) is 88.4 Å². The van der Waals surface area contributed by atoms with Gasteiger partial charge in [0.2, 0.25) is 10.0 Å². The van der Waals surface area contributed by atoms with Crippen LogP contribution in [0.1, 0.15) is 10.5 Å². The summed E-state index contributed by atoms with van der Waals surface area (Å²) in [6.45, 7) is 1.03. The van der Waals surface area contributed by atoms with Crippen molar-refractivity contribution in [2.75, 3.05) is 26.2 Å². The van der Waals surface area contributed by atoms with Gasteiger partial charge in [-0.3, -0.25) is 9.78 Å². The molecule has 4 rings (SSSR count). The zero-order valence-corrected chi connectivity index (χ0v) is 16.9. The molecule has 1 aliphatic rings. The van der Waals surface area contributed by atoms with Crippen molar-refractivity contribution >= 4 is 27.5 Å². The monoisotopic (exact) mass is 431 g/mol. The number of hydrogen-bond donors (Lipinski definition) is 0. The highest BCUT2D eigenvalue weighted by molar-refractivity contribution is 7.89. The minimum atomic E-state index is -3.61. The molecular formula is C19H18ClN5O3S. The van der Waals surface area contributed by atoms with Crippen molar-refractivity contribution in [1.82, 2.24) is 24.0 Å². The van der Waals surface area contributed by atoms with Gasteiger partial charge in [0.05, 0.1) is 5.69 Å². The molecule has 150 valence electrons. The second-order valence-corrected chi connectivity index (χ2v) is 8.88. The SMILES string of the molecule is O=C(c1ccn(-c2cccc(Cl)c2)n1)N1CCN(S(=O)(=O)c2cccnc2)CC1. The molecule has 0 N–H and O–H groups in total. The summed E-state index contributed by atoms with van der Waals surface area (Å²) in [6, 6.07) is 11.9. The lowest BCUT2D eigenvalue weighted by Gasteiger charge is -2.33. The van der Waals surface area contributed by atoms with Gasteiger partial charge in [-0.05, 0) is 36.4 Å². The van der Waals surface area contributed by atoms with E-state index in [1.807, 2.05) is 12.1 Å². The van der Waals surface area contributed by atoms with Crippen molar-refractivity contribution in [3.8, 4) is 5.69 Å². The fourth-order valence-electron chi connectivity index (χ4n) is 3.14. The molecule has 0 saturated carbocycles. The number of pyridine rings is 1. The van der Waals surface area contributed by atoms with E-state index in [1.165, 1.54) is 22.8 Å². The van der Waals surface area contributed by atoms with Crippen LogP contribution in [0.25, 0.3) is 5.69 Å². The van der Waals surface area contributed by atoms with Crippen LogP contribution in [0.15, 0.2) is 66.0 Å². The first-order chi connectivity index (χ1) is 13.9. The van der Waals surface area contributed by atoms with Gasteiger partial charge in [-0.25, -0.2) is 13.1 Å². The van der Waals surface area contributed by atoms with E-state index in [4.69, 9.17) is 11.6 Å². The maximum atomic E-state index is 12.8.